The Morgan fingerprint density at radius 2 is 1.85 bits per heavy atom. The van der Waals surface area contributed by atoms with Crippen molar-refractivity contribution in [1.82, 2.24) is 10.6 Å². The highest BCUT2D eigenvalue weighted by Crippen LogP contribution is 2.31. The number of methoxy groups -OCH3 is 1. The number of ether oxygens (including phenoxy) is 2. The summed E-state index contributed by atoms with van der Waals surface area (Å²) in [5.74, 6) is 1.91. The fourth-order valence-electron chi connectivity index (χ4n) is 2.03. The minimum Gasteiger partial charge on any atom is -0.497 e. The molecule has 0 bridgehead atoms. The van der Waals surface area contributed by atoms with Gasteiger partial charge in [0.2, 0.25) is 0 Å². The van der Waals surface area contributed by atoms with Crippen molar-refractivity contribution in [1.29, 1.82) is 5.41 Å². The van der Waals surface area contributed by atoms with Gasteiger partial charge < -0.3 is 25.5 Å². The fraction of sp³-hybridized carbons (Fsp3) is 0.533. The molecule has 1 rings (SSSR count). The first-order valence-electron chi connectivity index (χ1n) is 6.77. The van der Waals surface area contributed by atoms with Gasteiger partial charge in [-0.25, -0.2) is 0 Å². The van der Waals surface area contributed by atoms with Gasteiger partial charge in [-0.3, -0.25) is 0 Å². The van der Waals surface area contributed by atoms with Crippen LogP contribution in [0.4, 0.5) is 0 Å². The average molecular weight is 279 g/mol. The number of hydrogen-bond acceptors (Lipinski definition) is 5. The van der Waals surface area contributed by atoms with Crippen LogP contribution in [0.2, 0.25) is 0 Å². The standard InChI is InChI=1S/C15H25N3O2/c1-10(2)12-8-11(19-5)6-7-13(12)20-14(9-16)15(17-3)18-4/h6-10,14-18H,1-5H3. The van der Waals surface area contributed by atoms with Gasteiger partial charge in [-0.1, -0.05) is 13.8 Å². The van der Waals surface area contributed by atoms with Gasteiger partial charge in [0.15, 0.2) is 6.10 Å². The minimum absolute atomic E-state index is 0.116. The zero-order chi connectivity index (χ0) is 15.1. The highest BCUT2D eigenvalue weighted by atomic mass is 16.5. The molecule has 0 spiro atoms. The Kier molecular flexibility index (Phi) is 6.48. The molecule has 112 valence electrons. The van der Waals surface area contributed by atoms with Crippen LogP contribution >= 0.6 is 0 Å². The molecular formula is C15H25N3O2. The summed E-state index contributed by atoms with van der Waals surface area (Å²) >= 11 is 0. The molecule has 0 aromatic heterocycles. The second-order valence-electron chi connectivity index (χ2n) is 4.86. The third kappa shape index (κ3) is 3.95. The van der Waals surface area contributed by atoms with E-state index in [9.17, 15) is 0 Å². The summed E-state index contributed by atoms with van der Waals surface area (Å²) in [4.78, 5) is 0. The van der Waals surface area contributed by atoms with E-state index in [1.54, 1.807) is 7.11 Å². The second kappa shape index (κ2) is 7.87. The van der Waals surface area contributed by atoms with Crippen LogP contribution in [-0.4, -0.2) is 39.7 Å². The minimum atomic E-state index is -0.379. The first-order chi connectivity index (χ1) is 9.57. The monoisotopic (exact) mass is 279 g/mol. The molecule has 0 radical (unpaired) electrons. The zero-order valence-electron chi connectivity index (χ0n) is 12.9. The summed E-state index contributed by atoms with van der Waals surface area (Å²) in [6.07, 6.45) is 0.803. The van der Waals surface area contributed by atoms with E-state index in [-0.39, 0.29) is 12.3 Å². The molecule has 3 N–H and O–H groups in total. The van der Waals surface area contributed by atoms with Gasteiger partial charge >= 0.3 is 0 Å². The zero-order valence-corrected chi connectivity index (χ0v) is 12.9. The topological polar surface area (TPSA) is 66.4 Å². The molecule has 0 aliphatic heterocycles. The Morgan fingerprint density at radius 1 is 1.20 bits per heavy atom. The molecule has 0 heterocycles. The van der Waals surface area contributed by atoms with E-state index in [0.29, 0.717) is 5.92 Å². The van der Waals surface area contributed by atoms with E-state index in [4.69, 9.17) is 14.9 Å². The smallest absolute Gasteiger partial charge is 0.161 e. The number of rotatable bonds is 8. The summed E-state index contributed by atoms with van der Waals surface area (Å²) in [5.41, 5.74) is 1.07. The molecule has 0 aliphatic rings. The van der Waals surface area contributed by atoms with Gasteiger partial charge in [0.05, 0.1) is 7.11 Å². The van der Waals surface area contributed by atoms with Crippen molar-refractivity contribution in [3.05, 3.63) is 23.8 Å². The van der Waals surface area contributed by atoms with Crippen LogP contribution in [0.15, 0.2) is 18.2 Å². The highest BCUT2D eigenvalue weighted by molar-refractivity contribution is 5.61. The Bertz CT molecular complexity index is 431. The first kappa shape index (κ1) is 16.5. The van der Waals surface area contributed by atoms with Gasteiger partial charge in [0.1, 0.15) is 17.7 Å². The van der Waals surface area contributed by atoms with Crippen molar-refractivity contribution >= 4 is 6.21 Å². The van der Waals surface area contributed by atoms with Crippen molar-refractivity contribution in [3.8, 4) is 11.5 Å². The Hall–Kier alpha value is -1.59. The van der Waals surface area contributed by atoms with Gasteiger partial charge in [-0.2, -0.15) is 0 Å². The van der Waals surface area contributed by atoms with Crippen LogP contribution in [-0.2, 0) is 0 Å². The lowest BCUT2D eigenvalue weighted by molar-refractivity contribution is 0.203. The van der Waals surface area contributed by atoms with E-state index < -0.39 is 0 Å². The molecule has 0 saturated heterocycles. The van der Waals surface area contributed by atoms with Gasteiger partial charge in [0, 0.05) is 11.8 Å². The second-order valence-corrected chi connectivity index (χ2v) is 4.86. The van der Waals surface area contributed by atoms with Gasteiger partial charge in [0.25, 0.3) is 0 Å². The molecule has 1 aromatic rings. The van der Waals surface area contributed by atoms with E-state index in [2.05, 4.69) is 24.5 Å². The number of likely N-dealkylation sites (N-methyl/N-ethyl adjacent to an activating group) is 2. The van der Waals surface area contributed by atoms with Crippen LogP contribution in [0.3, 0.4) is 0 Å². The SMILES string of the molecule is CNC(NC)C(C=N)Oc1ccc(OC)cc1C(C)C. The van der Waals surface area contributed by atoms with E-state index in [1.807, 2.05) is 32.3 Å². The predicted molar refractivity (Wildman–Crippen MR) is 82.2 cm³/mol. The van der Waals surface area contributed by atoms with Crippen molar-refractivity contribution in [3.63, 3.8) is 0 Å². The molecule has 0 aliphatic carbocycles. The predicted octanol–water partition coefficient (Wildman–Crippen LogP) is 1.98. The molecule has 1 aromatic carbocycles. The first-order valence-corrected chi connectivity index (χ1v) is 6.77. The fourth-order valence-corrected chi connectivity index (χ4v) is 2.03. The summed E-state index contributed by atoms with van der Waals surface area (Å²) in [6, 6.07) is 5.75. The van der Waals surface area contributed by atoms with Crippen molar-refractivity contribution in [2.24, 2.45) is 0 Å². The lowest BCUT2D eigenvalue weighted by Crippen LogP contribution is -2.50. The lowest BCUT2D eigenvalue weighted by Gasteiger charge is -2.26. The maximum Gasteiger partial charge on any atom is 0.161 e. The average Bonchev–Trinajstić information content (AvgIpc) is 2.47. The molecular weight excluding hydrogens is 254 g/mol. The van der Waals surface area contributed by atoms with E-state index in [1.165, 1.54) is 6.21 Å². The third-order valence-electron chi connectivity index (χ3n) is 3.22. The summed E-state index contributed by atoms with van der Waals surface area (Å²) in [5, 5.41) is 13.7. The number of nitrogens with one attached hydrogen (secondary N) is 3. The number of hydrogen-bond donors (Lipinski definition) is 3. The Morgan fingerprint density at radius 3 is 2.30 bits per heavy atom. The number of benzene rings is 1. The van der Waals surface area contributed by atoms with Crippen LogP contribution in [0.25, 0.3) is 0 Å². The summed E-state index contributed by atoms with van der Waals surface area (Å²) < 4.78 is 11.2. The lowest BCUT2D eigenvalue weighted by atomic mass is 10.0. The highest BCUT2D eigenvalue weighted by Gasteiger charge is 2.20. The molecule has 0 saturated carbocycles. The van der Waals surface area contributed by atoms with Crippen molar-refractivity contribution < 1.29 is 9.47 Å². The van der Waals surface area contributed by atoms with Gasteiger partial charge in [-0.15, -0.1) is 0 Å². The molecule has 1 unspecified atom stereocenters. The largest absolute Gasteiger partial charge is 0.497 e. The van der Waals surface area contributed by atoms with E-state index in [0.717, 1.165) is 17.1 Å². The maximum atomic E-state index is 7.55. The van der Waals surface area contributed by atoms with Crippen LogP contribution in [0.5, 0.6) is 11.5 Å². The van der Waals surface area contributed by atoms with E-state index >= 15 is 0 Å². The summed E-state index contributed by atoms with van der Waals surface area (Å²) in [7, 11) is 5.31. The van der Waals surface area contributed by atoms with Crippen molar-refractivity contribution in [2.75, 3.05) is 21.2 Å². The summed E-state index contributed by atoms with van der Waals surface area (Å²) in [6.45, 7) is 4.21. The maximum absolute atomic E-state index is 7.55. The molecule has 5 heteroatoms. The third-order valence-corrected chi connectivity index (χ3v) is 3.22. The van der Waals surface area contributed by atoms with Crippen LogP contribution in [0, 0.1) is 5.41 Å². The van der Waals surface area contributed by atoms with Gasteiger partial charge in [-0.05, 0) is 38.2 Å². The molecule has 5 nitrogen and oxygen atoms in total. The van der Waals surface area contributed by atoms with Crippen LogP contribution in [0.1, 0.15) is 25.3 Å². The Labute approximate surface area is 121 Å². The van der Waals surface area contributed by atoms with Crippen molar-refractivity contribution in [2.45, 2.75) is 32.0 Å². The quantitative estimate of drug-likeness (QED) is 0.503. The van der Waals surface area contributed by atoms with Crippen LogP contribution < -0.4 is 20.1 Å². The Balaban J connectivity index is 3.03. The molecule has 20 heavy (non-hydrogen) atoms. The molecule has 1 atom stereocenters. The normalized spacial score (nSPS) is 12.6. The molecule has 0 fully saturated rings. The molecule has 0 amide bonds.